The standard InChI is InChI=1S/C8H14INO2/c1-2-3-6-10(8(11)12)7-4-5-9/h4-5H,2-3,6-7H2,1H3,(H,11,12)/b5-4+. The van der Waals surface area contributed by atoms with Gasteiger partial charge in [-0.15, -0.1) is 0 Å². The lowest BCUT2D eigenvalue weighted by molar-refractivity contribution is 0.149. The molecule has 0 aliphatic carbocycles. The minimum atomic E-state index is -0.835. The topological polar surface area (TPSA) is 40.5 Å². The molecule has 1 N–H and O–H groups in total. The summed E-state index contributed by atoms with van der Waals surface area (Å²) in [6.07, 6.45) is 2.96. The predicted molar refractivity (Wildman–Crippen MR) is 57.7 cm³/mol. The third-order valence-electron chi connectivity index (χ3n) is 1.47. The smallest absolute Gasteiger partial charge is 0.407 e. The molecule has 0 aromatic carbocycles. The van der Waals surface area contributed by atoms with Crippen molar-refractivity contribution in [3.8, 4) is 0 Å². The van der Waals surface area contributed by atoms with Gasteiger partial charge in [-0.3, -0.25) is 0 Å². The largest absolute Gasteiger partial charge is 0.465 e. The molecule has 0 bridgehead atoms. The van der Waals surface area contributed by atoms with Gasteiger partial charge in [0, 0.05) is 13.1 Å². The van der Waals surface area contributed by atoms with E-state index in [-0.39, 0.29) is 0 Å². The van der Waals surface area contributed by atoms with Crippen molar-refractivity contribution >= 4 is 28.7 Å². The van der Waals surface area contributed by atoms with E-state index in [1.165, 1.54) is 4.90 Å². The molecule has 0 atom stereocenters. The first kappa shape index (κ1) is 11.7. The van der Waals surface area contributed by atoms with E-state index in [0.29, 0.717) is 13.1 Å². The molecule has 0 rings (SSSR count). The van der Waals surface area contributed by atoms with Gasteiger partial charge in [0.25, 0.3) is 0 Å². The maximum absolute atomic E-state index is 10.6. The molecule has 1 amide bonds. The first-order valence-electron chi connectivity index (χ1n) is 3.95. The SMILES string of the molecule is CCCCN(C/C=C/I)C(=O)O. The van der Waals surface area contributed by atoms with Crippen LogP contribution in [0.25, 0.3) is 0 Å². The first-order valence-corrected chi connectivity index (χ1v) is 5.20. The van der Waals surface area contributed by atoms with Crippen molar-refractivity contribution in [1.82, 2.24) is 4.90 Å². The fourth-order valence-electron chi connectivity index (χ4n) is 0.781. The van der Waals surface area contributed by atoms with E-state index in [4.69, 9.17) is 5.11 Å². The van der Waals surface area contributed by atoms with E-state index in [0.717, 1.165) is 12.8 Å². The van der Waals surface area contributed by atoms with Gasteiger partial charge in [0.15, 0.2) is 0 Å². The first-order chi connectivity index (χ1) is 5.72. The molecule has 3 nitrogen and oxygen atoms in total. The van der Waals surface area contributed by atoms with Crippen LogP contribution in [-0.4, -0.2) is 29.2 Å². The summed E-state index contributed by atoms with van der Waals surface area (Å²) in [4.78, 5) is 12.0. The number of hydrogen-bond acceptors (Lipinski definition) is 1. The minimum absolute atomic E-state index is 0.498. The van der Waals surface area contributed by atoms with E-state index in [9.17, 15) is 4.79 Å². The predicted octanol–water partition coefficient (Wildman–Crippen LogP) is 2.72. The molecule has 0 saturated carbocycles. The minimum Gasteiger partial charge on any atom is -0.465 e. The molecule has 0 unspecified atom stereocenters. The summed E-state index contributed by atoms with van der Waals surface area (Å²) in [7, 11) is 0. The molecule has 0 heterocycles. The average molecular weight is 283 g/mol. The van der Waals surface area contributed by atoms with Gasteiger partial charge in [-0.2, -0.15) is 0 Å². The number of carbonyl (C=O) groups is 1. The Bertz CT molecular complexity index is 159. The summed E-state index contributed by atoms with van der Waals surface area (Å²) in [6, 6.07) is 0. The Hall–Kier alpha value is -0.260. The zero-order valence-corrected chi connectivity index (χ0v) is 9.32. The summed E-state index contributed by atoms with van der Waals surface area (Å²) in [5.41, 5.74) is 0. The summed E-state index contributed by atoms with van der Waals surface area (Å²) in [6.45, 7) is 3.18. The normalized spacial score (nSPS) is 10.5. The van der Waals surface area contributed by atoms with Crippen LogP contribution in [0.5, 0.6) is 0 Å². The number of hydrogen-bond donors (Lipinski definition) is 1. The second-order valence-corrected chi connectivity index (χ2v) is 3.16. The molecule has 0 aromatic rings. The molecule has 4 heteroatoms. The van der Waals surface area contributed by atoms with Crippen molar-refractivity contribution in [2.75, 3.05) is 13.1 Å². The fourth-order valence-corrected chi connectivity index (χ4v) is 1.01. The Kier molecular flexibility index (Phi) is 7.23. The van der Waals surface area contributed by atoms with Gasteiger partial charge in [-0.25, -0.2) is 4.79 Å². The molecule has 0 aliphatic rings. The van der Waals surface area contributed by atoms with Gasteiger partial charge in [-0.1, -0.05) is 42.0 Å². The van der Waals surface area contributed by atoms with Crippen molar-refractivity contribution in [3.63, 3.8) is 0 Å². The van der Waals surface area contributed by atoms with Crippen LogP contribution in [0.15, 0.2) is 10.2 Å². The van der Waals surface area contributed by atoms with Crippen molar-refractivity contribution in [2.45, 2.75) is 19.8 Å². The lowest BCUT2D eigenvalue weighted by Crippen LogP contribution is -2.30. The third-order valence-corrected chi connectivity index (χ3v) is 1.98. The highest BCUT2D eigenvalue weighted by Gasteiger charge is 2.07. The van der Waals surface area contributed by atoms with Crippen LogP contribution in [0.3, 0.4) is 0 Å². The van der Waals surface area contributed by atoms with Crippen LogP contribution in [0.2, 0.25) is 0 Å². The van der Waals surface area contributed by atoms with Gasteiger partial charge in [0.05, 0.1) is 0 Å². The van der Waals surface area contributed by atoms with Gasteiger partial charge in [-0.05, 0) is 10.5 Å². The fraction of sp³-hybridized carbons (Fsp3) is 0.625. The molecule has 0 fully saturated rings. The van der Waals surface area contributed by atoms with Crippen molar-refractivity contribution in [3.05, 3.63) is 10.2 Å². The molecule has 0 spiro atoms. The molecule has 0 radical (unpaired) electrons. The van der Waals surface area contributed by atoms with E-state index in [1.807, 2.05) is 17.1 Å². The lowest BCUT2D eigenvalue weighted by Gasteiger charge is -2.16. The number of unbranched alkanes of at least 4 members (excludes halogenated alkanes) is 1. The summed E-state index contributed by atoms with van der Waals surface area (Å²) >= 11 is 2.08. The van der Waals surface area contributed by atoms with E-state index in [2.05, 4.69) is 22.6 Å². The Morgan fingerprint density at radius 2 is 2.33 bits per heavy atom. The Morgan fingerprint density at radius 1 is 1.67 bits per heavy atom. The number of halogens is 1. The van der Waals surface area contributed by atoms with E-state index in [1.54, 1.807) is 0 Å². The maximum Gasteiger partial charge on any atom is 0.407 e. The maximum atomic E-state index is 10.6. The van der Waals surface area contributed by atoms with Crippen LogP contribution in [0, 0.1) is 0 Å². The number of amides is 1. The molecule has 70 valence electrons. The van der Waals surface area contributed by atoms with Crippen molar-refractivity contribution < 1.29 is 9.90 Å². The van der Waals surface area contributed by atoms with Crippen LogP contribution >= 0.6 is 22.6 Å². The summed E-state index contributed by atoms with van der Waals surface area (Å²) < 4.78 is 1.83. The molecule has 12 heavy (non-hydrogen) atoms. The molecule has 0 aromatic heterocycles. The highest BCUT2D eigenvalue weighted by atomic mass is 127. The van der Waals surface area contributed by atoms with Crippen LogP contribution in [0.1, 0.15) is 19.8 Å². The Morgan fingerprint density at radius 3 is 2.75 bits per heavy atom. The van der Waals surface area contributed by atoms with Crippen LogP contribution in [0.4, 0.5) is 4.79 Å². The molecular formula is C8H14INO2. The zero-order chi connectivity index (χ0) is 9.40. The number of carboxylic acid groups (broad SMARTS) is 1. The second-order valence-electron chi connectivity index (χ2n) is 2.44. The molecular weight excluding hydrogens is 269 g/mol. The Balaban J connectivity index is 3.78. The van der Waals surface area contributed by atoms with E-state index >= 15 is 0 Å². The monoisotopic (exact) mass is 283 g/mol. The zero-order valence-electron chi connectivity index (χ0n) is 7.16. The van der Waals surface area contributed by atoms with Crippen LogP contribution < -0.4 is 0 Å². The van der Waals surface area contributed by atoms with Gasteiger partial charge < -0.3 is 10.0 Å². The van der Waals surface area contributed by atoms with Gasteiger partial charge in [0.1, 0.15) is 0 Å². The second kappa shape index (κ2) is 7.39. The van der Waals surface area contributed by atoms with Gasteiger partial charge in [0.2, 0.25) is 0 Å². The van der Waals surface area contributed by atoms with Crippen molar-refractivity contribution in [1.29, 1.82) is 0 Å². The van der Waals surface area contributed by atoms with Crippen molar-refractivity contribution in [2.24, 2.45) is 0 Å². The Labute approximate surface area is 86.6 Å². The third kappa shape index (κ3) is 5.40. The van der Waals surface area contributed by atoms with Gasteiger partial charge >= 0.3 is 6.09 Å². The average Bonchev–Trinajstić information content (AvgIpc) is 2.04. The quantitative estimate of drug-likeness (QED) is 0.788. The summed E-state index contributed by atoms with van der Waals surface area (Å²) in [5.74, 6) is 0. The van der Waals surface area contributed by atoms with Crippen LogP contribution in [-0.2, 0) is 0 Å². The lowest BCUT2D eigenvalue weighted by atomic mass is 10.3. The molecule has 0 saturated heterocycles. The highest BCUT2D eigenvalue weighted by Crippen LogP contribution is 1.97. The number of rotatable bonds is 5. The van der Waals surface area contributed by atoms with E-state index < -0.39 is 6.09 Å². The number of nitrogens with zero attached hydrogens (tertiary/aromatic N) is 1. The molecule has 0 aliphatic heterocycles. The highest BCUT2D eigenvalue weighted by molar-refractivity contribution is 14.1. The summed E-state index contributed by atoms with van der Waals surface area (Å²) in [5, 5.41) is 8.72.